The zero-order valence-corrected chi connectivity index (χ0v) is 12.0. The van der Waals surface area contributed by atoms with E-state index in [0.717, 1.165) is 12.8 Å². The van der Waals surface area contributed by atoms with Gasteiger partial charge in [0, 0.05) is 18.4 Å². The Morgan fingerprint density at radius 1 is 1.29 bits per heavy atom. The monoisotopic (exact) mass is 289 g/mol. The number of nitrogens with one attached hydrogen (secondary N) is 1. The number of ether oxygens (including phenoxy) is 1. The maximum Gasteiger partial charge on any atom is 0.328 e. The molecule has 1 amide bonds. The lowest BCUT2D eigenvalue weighted by atomic mass is 9.83. The molecular weight excluding hydrogens is 270 g/mol. The van der Waals surface area contributed by atoms with Crippen LogP contribution in [0.2, 0.25) is 0 Å². The lowest BCUT2D eigenvalue weighted by Crippen LogP contribution is -2.48. The number of hydrogen-bond acceptors (Lipinski definition) is 4. The highest BCUT2D eigenvalue weighted by molar-refractivity contribution is 5.97. The predicted molar refractivity (Wildman–Crippen MR) is 76.7 cm³/mol. The third-order valence-electron chi connectivity index (χ3n) is 3.77. The molecule has 0 aliphatic heterocycles. The summed E-state index contributed by atoms with van der Waals surface area (Å²) in [5.41, 5.74) is 0.480. The van der Waals surface area contributed by atoms with Gasteiger partial charge in [-0.1, -0.05) is 18.2 Å². The van der Waals surface area contributed by atoms with Crippen molar-refractivity contribution in [3.05, 3.63) is 35.9 Å². The molecule has 0 bridgehead atoms. The van der Waals surface area contributed by atoms with Crippen LogP contribution in [0.15, 0.2) is 30.3 Å². The molecule has 112 valence electrons. The summed E-state index contributed by atoms with van der Waals surface area (Å²) in [6.07, 6.45) is 2.35. The average Bonchev–Trinajstić information content (AvgIpc) is 2.52. The Bertz CT molecular complexity index is 526. The molecule has 1 fully saturated rings. The number of amides is 1. The molecule has 1 aromatic carbocycles. The molecule has 1 aliphatic rings. The number of esters is 1. The van der Waals surface area contributed by atoms with Gasteiger partial charge in [0.15, 0.2) is 0 Å². The second kappa shape index (κ2) is 7.02. The highest BCUT2D eigenvalue weighted by Crippen LogP contribution is 2.25. The summed E-state index contributed by atoms with van der Waals surface area (Å²) in [4.78, 5) is 35.7. The molecule has 1 saturated carbocycles. The van der Waals surface area contributed by atoms with Crippen LogP contribution in [0.25, 0.3) is 0 Å². The molecule has 2 atom stereocenters. The maximum absolute atomic E-state index is 12.2. The minimum atomic E-state index is -0.771. The summed E-state index contributed by atoms with van der Waals surface area (Å²) < 4.78 is 4.77. The van der Waals surface area contributed by atoms with Crippen LogP contribution in [0.5, 0.6) is 0 Å². The van der Waals surface area contributed by atoms with Gasteiger partial charge in [0.25, 0.3) is 5.91 Å². The molecule has 0 radical (unpaired) electrons. The third kappa shape index (κ3) is 3.90. The first-order chi connectivity index (χ1) is 10.1. The third-order valence-corrected chi connectivity index (χ3v) is 3.77. The second-order valence-corrected chi connectivity index (χ2v) is 5.24. The van der Waals surface area contributed by atoms with E-state index in [-0.39, 0.29) is 17.6 Å². The normalized spacial score (nSPS) is 19.7. The fraction of sp³-hybridized carbons (Fsp3) is 0.438. The number of methoxy groups -OCH3 is 1. The van der Waals surface area contributed by atoms with Gasteiger partial charge in [-0.25, -0.2) is 4.79 Å². The molecule has 5 heteroatoms. The van der Waals surface area contributed by atoms with Crippen molar-refractivity contribution < 1.29 is 19.1 Å². The van der Waals surface area contributed by atoms with Crippen molar-refractivity contribution in [2.75, 3.05) is 7.11 Å². The zero-order valence-electron chi connectivity index (χ0n) is 12.0. The molecule has 2 rings (SSSR count). The lowest BCUT2D eigenvalue weighted by Gasteiger charge is -2.28. The molecule has 1 N–H and O–H groups in total. The molecule has 21 heavy (non-hydrogen) atoms. The number of ketones is 1. The van der Waals surface area contributed by atoms with E-state index in [1.54, 1.807) is 24.3 Å². The van der Waals surface area contributed by atoms with Crippen LogP contribution in [0.1, 0.15) is 36.0 Å². The van der Waals surface area contributed by atoms with Crippen LogP contribution in [-0.2, 0) is 14.3 Å². The van der Waals surface area contributed by atoms with E-state index >= 15 is 0 Å². The molecule has 1 aliphatic carbocycles. The number of benzene rings is 1. The summed E-state index contributed by atoms with van der Waals surface area (Å²) in [7, 11) is 1.29. The lowest BCUT2D eigenvalue weighted by molar-refractivity contribution is -0.145. The Morgan fingerprint density at radius 3 is 2.62 bits per heavy atom. The number of Topliss-reactive ketones (excluding diaryl/α,β-unsaturated/α-hetero) is 1. The Hall–Kier alpha value is -2.17. The van der Waals surface area contributed by atoms with Gasteiger partial charge < -0.3 is 10.1 Å². The molecule has 0 unspecified atom stereocenters. The standard InChI is InChI=1S/C16H19NO4/c1-21-16(20)14(12-8-5-9-13(18)10-12)17-15(19)11-6-3-2-4-7-11/h2-4,6-7,12,14H,5,8-10H2,1H3,(H,17,19)/t12-,14+/m0/s1. The minimum Gasteiger partial charge on any atom is -0.467 e. The van der Waals surface area contributed by atoms with Gasteiger partial charge in [0.2, 0.25) is 0 Å². The zero-order chi connectivity index (χ0) is 15.2. The Balaban J connectivity index is 2.11. The molecular formula is C16H19NO4. The van der Waals surface area contributed by atoms with Crippen LogP contribution in [0.3, 0.4) is 0 Å². The van der Waals surface area contributed by atoms with Crippen LogP contribution in [0.4, 0.5) is 0 Å². The predicted octanol–water partition coefficient (Wildman–Crippen LogP) is 1.72. The largest absolute Gasteiger partial charge is 0.467 e. The molecule has 0 saturated heterocycles. The number of carbonyl (C=O) groups is 3. The van der Waals surface area contributed by atoms with Crippen molar-refractivity contribution in [1.82, 2.24) is 5.32 Å². The summed E-state index contributed by atoms with van der Waals surface area (Å²) >= 11 is 0. The van der Waals surface area contributed by atoms with Crippen LogP contribution in [-0.4, -0.2) is 30.8 Å². The smallest absolute Gasteiger partial charge is 0.328 e. The number of rotatable bonds is 4. The van der Waals surface area contributed by atoms with E-state index in [4.69, 9.17) is 4.74 Å². The van der Waals surface area contributed by atoms with Gasteiger partial charge >= 0.3 is 5.97 Å². The van der Waals surface area contributed by atoms with Crippen molar-refractivity contribution in [3.8, 4) is 0 Å². The Kier molecular flexibility index (Phi) is 5.09. The first-order valence-corrected chi connectivity index (χ1v) is 7.07. The van der Waals surface area contributed by atoms with Gasteiger partial charge in [-0.05, 0) is 30.9 Å². The number of hydrogen-bond donors (Lipinski definition) is 1. The highest BCUT2D eigenvalue weighted by Gasteiger charge is 2.34. The van der Waals surface area contributed by atoms with E-state index in [0.29, 0.717) is 18.4 Å². The molecule has 0 aromatic heterocycles. The topological polar surface area (TPSA) is 72.5 Å². The molecule has 0 heterocycles. The first-order valence-electron chi connectivity index (χ1n) is 7.07. The highest BCUT2D eigenvalue weighted by atomic mass is 16.5. The average molecular weight is 289 g/mol. The number of carbonyl (C=O) groups excluding carboxylic acids is 3. The Morgan fingerprint density at radius 2 is 2.00 bits per heavy atom. The van der Waals surface area contributed by atoms with Crippen molar-refractivity contribution in [3.63, 3.8) is 0 Å². The Labute approximate surface area is 123 Å². The molecule has 5 nitrogen and oxygen atoms in total. The van der Waals surface area contributed by atoms with E-state index in [2.05, 4.69) is 5.32 Å². The molecule has 0 spiro atoms. The van der Waals surface area contributed by atoms with Gasteiger partial charge in [-0.2, -0.15) is 0 Å². The van der Waals surface area contributed by atoms with E-state index < -0.39 is 12.0 Å². The van der Waals surface area contributed by atoms with E-state index in [1.165, 1.54) is 7.11 Å². The van der Waals surface area contributed by atoms with Gasteiger partial charge in [0.05, 0.1) is 7.11 Å². The summed E-state index contributed by atoms with van der Waals surface area (Å²) in [5.74, 6) is -0.886. The van der Waals surface area contributed by atoms with Crippen molar-refractivity contribution in [2.24, 2.45) is 5.92 Å². The van der Waals surface area contributed by atoms with Crippen LogP contribution < -0.4 is 5.32 Å². The van der Waals surface area contributed by atoms with Crippen molar-refractivity contribution in [1.29, 1.82) is 0 Å². The van der Waals surface area contributed by atoms with Crippen molar-refractivity contribution >= 4 is 17.7 Å². The fourth-order valence-corrected chi connectivity index (χ4v) is 2.65. The van der Waals surface area contributed by atoms with Crippen molar-refractivity contribution in [2.45, 2.75) is 31.7 Å². The maximum atomic E-state index is 12.2. The van der Waals surface area contributed by atoms with E-state index in [1.807, 2.05) is 6.07 Å². The minimum absolute atomic E-state index is 0.133. The molecule has 1 aromatic rings. The van der Waals surface area contributed by atoms with Crippen LogP contribution >= 0.6 is 0 Å². The summed E-state index contributed by atoms with van der Waals surface area (Å²) in [6.45, 7) is 0. The summed E-state index contributed by atoms with van der Waals surface area (Å²) in [5, 5.41) is 2.71. The van der Waals surface area contributed by atoms with E-state index in [9.17, 15) is 14.4 Å². The SMILES string of the molecule is COC(=O)[C@H](NC(=O)c1ccccc1)[C@H]1CCCC(=O)C1. The van der Waals surface area contributed by atoms with Gasteiger partial charge in [0.1, 0.15) is 11.8 Å². The van der Waals surface area contributed by atoms with Gasteiger partial charge in [-0.15, -0.1) is 0 Å². The fourth-order valence-electron chi connectivity index (χ4n) is 2.65. The van der Waals surface area contributed by atoms with Gasteiger partial charge in [-0.3, -0.25) is 9.59 Å². The second-order valence-electron chi connectivity index (χ2n) is 5.24. The summed E-state index contributed by atoms with van der Waals surface area (Å²) in [6, 6.07) is 7.91. The van der Waals surface area contributed by atoms with Crippen LogP contribution in [0, 0.1) is 5.92 Å². The first kappa shape index (κ1) is 15.2. The quantitative estimate of drug-likeness (QED) is 0.857.